The molecule has 1 aliphatic carbocycles. The Labute approximate surface area is 222 Å². The van der Waals surface area contributed by atoms with E-state index in [1.807, 2.05) is 19.1 Å². The number of hydrogen-bond donors (Lipinski definition) is 3. The SMILES string of the molecule is CC(C=CC1=C(C)CCCC1(C)C)=CC=CC(C)=CC(=O)NC(CO)C(=O)Nc1cccc(C(F)(F)F)c1. The molecule has 1 aromatic carbocycles. The molecule has 5 nitrogen and oxygen atoms in total. The zero-order chi connectivity index (χ0) is 28.5. The molecule has 0 radical (unpaired) electrons. The van der Waals surface area contributed by atoms with Crippen molar-refractivity contribution in [1.29, 1.82) is 0 Å². The lowest BCUT2D eigenvalue weighted by Gasteiger charge is -2.32. The first-order valence-corrected chi connectivity index (χ1v) is 12.5. The van der Waals surface area contributed by atoms with Crippen LogP contribution in [-0.4, -0.2) is 29.6 Å². The van der Waals surface area contributed by atoms with Crippen LogP contribution in [0.4, 0.5) is 18.9 Å². The van der Waals surface area contributed by atoms with Gasteiger partial charge in [-0.15, -0.1) is 0 Å². The molecule has 0 aliphatic heterocycles. The van der Waals surface area contributed by atoms with E-state index in [1.54, 1.807) is 13.0 Å². The molecule has 0 bridgehead atoms. The quantitative estimate of drug-likeness (QED) is 0.247. The third-order valence-corrected chi connectivity index (χ3v) is 6.41. The Morgan fingerprint density at radius 1 is 1.16 bits per heavy atom. The summed E-state index contributed by atoms with van der Waals surface area (Å²) in [7, 11) is 0. The van der Waals surface area contributed by atoms with Crippen molar-refractivity contribution in [3.8, 4) is 0 Å². The number of amides is 2. The van der Waals surface area contributed by atoms with Crippen LogP contribution in [0.15, 0.2) is 83.0 Å². The average molecular weight is 531 g/mol. The first-order chi connectivity index (χ1) is 17.7. The van der Waals surface area contributed by atoms with E-state index in [4.69, 9.17) is 0 Å². The lowest BCUT2D eigenvalue weighted by atomic mass is 9.72. The number of halogens is 3. The fourth-order valence-electron chi connectivity index (χ4n) is 4.30. The lowest BCUT2D eigenvalue weighted by Crippen LogP contribution is -2.45. The van der Waals surface area contributed by atoms with Gasteiger partial charge in [0.1, 0.15) is 6.04 Å². The van der Waals surface area contributed by atoms with E-state index in [-0.39, 0.29) is 11.1 Å². The molecule has 1 unspecified atom stereocenters. The minimum Gasteiger partial charge on any atom is -0.394 e. The third kappa shape index (κ3) is 9.49. The van der Waals surface area contributed by atoms with Crippen LogP contribution in [0.5, 0.6) is 0 Å². The number of carbonyl (C=O) groups is 2. The number of carbonyl (C=O) groups excluding carboxylic acids is 2. The normalized spacial score (nSPS) is 17.7. The summed E-state index contributed by atoms with van der Waals surface area (Å²) in [5, 5.41) is 14.2. The van der Waals surface area contributed by atoms with Crippen LogP contribution < -0.4 is 10.6 Å². The number of hydrogen-bond acceptors (Lipinski definition) is 3. The molecule has 2 rings (SSSR count). The van der Waals surface area contributed by atoms with E-state index >= 15 is 0 Å². The molecule has 3 N–H and O–H groups in total. The summed E-state index contributed by atoms with van der Waals surface area (Å²) in [6.45, 7) is 9.71. The largest absolute Gasteiger partial charge is 0.416 e. The van der Waals surface area contributed by atoms with Crippen LogP contribution in [-0.2, 0) is 15.8 Å². The Morgan fingerprint density at radius 2 is 1.87 bits per heavy atom. The number of aliphatic hydroxyl groups excluding tert-OH is 1. The molecule has 8 heteroatoms. The number of nitrogens with one attached hydrogen (secondary N) is 2. The average Bonchev–Trinajstić information content (AvgIpc) is 2.81. The van der Waals surface area contributed by atoms with Gasteiger partial charge in [0.25, 0.3) is 0 Å². The van der Waals surface area contributed by atoms with Crippen LogP contribution >= 0.6 is 0 Å². The Balaban J connectivity index is 1.97. The van der Waals surface area contributed by atoms with Crippen LogP contribution in [0, 0.1) is 5.41 Å². The van der Waals surface area contributed by atoms with Gasteiger partial charge in [-0.2, -0.15) is 13.2 Å². The first-order valence-electron chi connectivity index (χ1n) is 12.5. The second kappa shape index (κ2) is 13.4. The summed E-state index contributed by atoms with van der Waals surface area (Å²) >= 11 is 0. The smallest absolute Gasteiger partial charge is 0.394 e. The maximum Gasteiger partial charge on any atom is 0.416 e. The zero-order valence-corrected chi connectivity index (χ0v) is 22.6. The Hall–Kier alpha value is -3.39. The fraction of sp³-hybridized carbons (Fsp3) is 0.400. The predicted octanol–water partition coefficient (Wildman–Crippen LogP) is 6.65. The molecule has 0 heterocycles. The summed E-state index contributed by atoms with van der Waals surface area (Å²) in [5.74, 6) is -1.45. The van der Waals surface area contributed by atoms with Gasteiger partial charge < -0.3 is 15.7 Å². The van der Waals surface area contributed by atoms with Gasteiger partial charge >= 0.3 is 6.18 Å². The summed E-state index contributed by atoms with van der Waals surface area (Å²) < 4.78 is 38.7. The molecule has 0 saturated carbocycles. The summed E-state index contributed by atoms with van der Waals surface area (Å²) in [6, 6.07) is 2.77. The van der Waals surface area contributed by atoms with Gasteiger partial charge in [0.05, 0.1) is 12.2 Å². The second-order valence-corrected chi connectivity index (χ2v) is 10.2. The molecule has 38 heavy (non-hydrogen) atoms. The van der Waals surface area contributed by atoms with Crippen LogP contribution in [0.2, 0.25) is 0 Å². The third-order valence-electron chi connectivity index (χ3n) is 6.41. The minimum absolute atomic E-state index is 0.0955. The van der Waals surface area contributed by atoms with Gasteiger partial charge in [-0.1, -0.05) is 61.4 Å². The molecule has 1 aromatic rings. The molecule has 206 valence electrons. The van der Waals surface area contributed by atoms with Gasteiger partial charge in [-0.05, 0) is 74.8 Å². The second-order valence-electron chi connectivity index (χ2n) is 10.2. The number of anilines is 1. The standard InChI is InChI=1S/C30H37F3N2O3/c1-20(14-15-25-22(3)11-8-16-29(25,4)5)9-6-10-21(2)17-27(37)35-26(19-36)28(38)34-24-13-7-12-23(18-24)30(31,32)33/h6-7,9-10,12-15,17-18,26,36H,8,11,16,19H2,1-5H3,(H,34,38)(H,35,37). The van der Waals surface area contributed by atoms with Crippen molar-refractivity contribution in [2.24, 2.45) is 5.41 Å². The monoisotopic (exact) mass is 530 g/mol. The van der Waals surface area contributed by atoms with Crippen LogP contribution in [0.3, 0.4) is 0 Å². The molecule has 1 aliphatic rings. The van der Waals surface area contributed by atoms with Crippen LogP contribution in [0.1, 0.15) is 59.4 Å². The summed E-state index contributed by atoms with van der Waals surface area (Å²) in [5.41, 5.74) is 3.61. The molecular weight excluding hydrogens is 493 g/mol. The van der Waals surface area contributed by atoms with Crippen molar-refractivity contribution in [1.82, 2.24) is 5.32 Å². The van der Waals surface area contributed by atoms with Gasteiger partial charge in [-0.25, -0.2) is 0 Å². The molecule has 0 fully saturated rings. The van der Waals surface area contributed by atoms with E-state index in [9.17, 15) is 27.9 Å². The van der Waals surface area contributed by atoms with Gasteiger partial charge in [0.15, 0.2) is 0 Å². The van der Waals surface area contributed by atoms with E-state index < -0.39 is 36.2 Å². The molecule has 0 aromatic heterocycles. The van der Waals surface area contributed by atoms with E-state index in [2.05, 4.69) is 43.6 Å². The predicted molar refractivity (Wildman–Crippen MR) is 145 cm³/mol. The Bertz CT molecular complexity index is 1170. The maximum absolute atomic E-state index is 12.9. The highest BCUT2D eigenvalue weighted by Gasteiger charge is 2.31. The van der Waals surface area contributed by atoms with Gasteiger partial charge in [0, 0.05) is 11.8 Å². The number of aliphatic hydroxyl groups is 1. The summed E-state index contributed by atoms with van der Waals surface area (Å²) in [6.07, 6.45) is 9.97. The highest BCUT2D eigenvalue weighted by molar-refractivity contribution is 5.99. The molecular formula is C30H37F3N2O3. The van der Waals surface area contributed by atoms with Gasteiger partial charge in [0.2, 0.25) is 11.8 Å². The highest BCUT2D eigenvalue weighted by atomic mass is 19.4. The van der Waals surface area contributed by atoms with Crippen molar-refractivity contribution in [2.45, 2.75) is 66.1 Å². The van der Waals surface area contributed by atoms with Crippen molar-refractivity contribution in [2.75, 3.05) is 11.9 Å². The van der Waals surface area contributed by atoms with E-state index in [0.29, 0.717) is 5.57 Å². The van der Waals surface area contributed by atoms with Crippen molar-refractivity contribution >= 4 is 17.5 Å². The zero-order valence-electron chi connectivity index (χ0n) is 22.6. The maximum atomic E-state index is 12.9. The van der Waals surface area contributed by atoms with Crippen molar-refractivity contribution < 1.29 is 27.9 Å². The molecule has 2 amide bonds. The molecule has 0 spiro atoms. The summed E-state index contributed by atoms with van der Waals surface area (Å²) in [4.78, 5) is 24.7. The Kier molecular flexibility index (Phi) is 10.9. The number of allylic oxidation sites excluding steroid dienone is 9. The van der Waals surface area contributed by atoms with E-state index in [1.165, 1.54) is 36.1 Å². The number of benzene rings is 1. The van der Waals surface area contributed by atoms with Crippen molar-refractivity contribution in [3.05, 3.63) is 88.6 Å². The van der Waals surface area contributed by atoms with Crippen LogP contribution in [0.25, 0.3) is 0 Å². The topological polar surface area (TPSA) is 78.4 Å². The molecule has 1 atom stereocenters. The Morgan fingerprint density at radius 3 is 2.50 bits per heavy atom. The van der Waals surface area contributed by atoms with E-state index in [0.717, 1.165) is 30.2 Å². The fourth-order valence-corrected chi connectivity index (χ4v) is 4.30. The highest BCUT2D eigenvalue weighted by Crippen LogP contribution is 2.40. The number of rotatable bonds is 9. The van der Waals surface area contributed by atoms with Crippen molar-refractivity contribution in [3.63, 3.8) is 0 Å². The lowest BCUT2D eigenvalue weighted by molar-refractivity contribution is -0.137. The number of alkyl halides is 3. The first kappa shape index (κ1) is 30.8. The molecule has 0 saturated heterocycles. The van der Waals surface area contributed by atoms with Gasteiger partial charge in [-0.3, -0.25) is 9.59 Å². The minimum atomic E-state index is -4.56.